The van der Waals surface area contributed by atoms with Crippen LogP contribution in [0.3, 0.4) is 0 Å². The molecule has 1 aromatic carbocycles. The van der Waals surface area contributed by atoms with Crippen LogP contribution in [0.4, 0.5) is 10.1 Å². The third-order valence-electron chi connectivity index (χ3n) is 3.61. The summed E-state index contributed by atoms with van der Waals surface area (Å²) in [5.41, 5.74) is 0.500. The minimum atomic E-state index is -0.519. The molecule has 0 fully saturated rings. The van der Waals surface area contributed by atoms with Crippen molar-refractivity contribution in [3.8, 4) is 11.6 Å². The van der Waals surface area contributed by atoms with E-state index < -0.39 is 16.6 Å². The second kappa shape index (κ2) is 7.92. The number of rotatable bonds is 6. The number of halogens is 1. The monoisotopic (exact) mass is 387 g/mol. The Morgan fingerprint density at radius 2 is 2.15 bits per heavy atom. The van der Waals surface area contributed by atoms with Crippen molar-refractivity contribution >= 4 is 22.9 Å². The SMILES string of the molecule is Cc1sc(C(=O)NCc2cccnc2Oc2cccc(F)c2)cc1[N+](=O)[O-]. The van der Waals surface area contributed by atoms with Crippen molar-refractivity contribution in [2.45, 2.75) is 13.5 Å². The maximum absolute atomic E-state index is 13.3. The lowest BCUT2D eigenvalue weighted by atomic mass is 10.2. The zero-order valence-electron chi connectivity index (χ0n) is 14.1. The van der Waals surface area contributed by atoms with E-state index in [0.29, 0.717) is 10.4 Å². The van der Waals surface area contributed by atoms with Crippen LogP contribution in [0.15, 0.2) is 48.7 Å². The fourth-order valence-corrected chi connectivity index (χ4v) is 3.22. The van der Waals surface area contributed by atoms with Gasteiger partial charge in [0.15, 0.2) is 0 Å². The predicted molar refractivity (Wildman–Crippen MR) is 97.6 cm³/mol. The lowest BCUT2D eigenvalue weighted by Gasteiger charge is -2.10. The van der Waals surface area contributed by atoms with Gasteiger partial charge in [0.2, 0.25) is 5.88 Å². The summed E-state index contributed by atoms with van der Waals surface area (Å²) in [6.45, 7) is 1.69. The first-order valence-corrected chi connectivity index (χ1v) is 8.66. The van der Waals surface area contributed by atoms with Crippen LogP contribution in [0.1, 0.15) is 20.1 Å². The molecule has 3 aromatic rings. The number of pyridine rings is 1. The highest BCUT2D eigenvalue weighted by Gasteiger charge is 2.19. The van der Waals surface area contributed by atoms with Crippen molar-refractivity contribution in [3.05, 3.63) is 79.9 Å². The maximum Gasteiger partial charge on any atom is 0.283 e. The molecule has 7 nitrogen and oxygen atoms in total. The molecule has 2 aromatic heterocycles. The molecule has 0 bridgehead atoms. The number of nitrogens with one attached hydrogen (secondary N) is 1. The van der Waals surface area contributed by atoms with Crippen LogP contribution in [-0.4, -0.2) is 15.8 Å². The molecule has 0 spiro atoms. The van der Waals surface area contributed by atoms with Gasteiger partial charge in [0, 0.05) is 30.4 Å². The number of hydrogen-bond acceptors (Lipinski definition) is 6. The second-order valence-electron chi connectivity index (χ2n) is 5.52. The lowest BCUT2D eigenvalue weighted by Crippen LogP contribution is -2.22. The van der Waals surface area contributed by atoms with E-state index in [1.807, 2.05) is 0 Å². The van der Waals surface area contributed by atoms with E-state index in [4.69, 9.17) is 4.74 Å². The smallest absolute Gasteiger partial charge is 0.283 e. The number of carbonyl (C=O) groups is 1. The minimum Gasteiger partial charge on any atom is -0.439 e. The van der Waals surface area contributed by atoms with Crippen molar-refractivity contribution in [2.75, 3.05) is 0 Å². The van der Waals surface area contributed by atoms with Crippen molar-refractivity contribution in [3.63, 3.8) is 0 Å². The summed E-state index contributed by atoms with van der Waals surface area (Å²) in [5.74, 6) is -0.354. The molecule has 138 valence electrons. The fourth-order valence-electron chi connectivity index (χ4n) is 2.32. The van der Waals surface area contributed by atoms with Crippen LogP contribution in [-0.2, 0) is 6.54 Å². The molecular weight excluding hydrogens is 373 g/mol. The average Bonchev–Trinajstić information content (AvgIpc) is 3.03. The van der Waals surface area contributed by atoms with E-state index in [1.165, 1.54) is 30.5 Å². The van der Waals surface area contributed by atoms with Crippen LogP contribution < -0.4 is 10.1 Å². The Balaban J connectivity index is 1.72. The minimum absolute atomic E-state index is 0.0818. The standard InChI is InChI=1S/C18H14FN3O4S/c1-11-15(22(24)25)9-16(27-11)17(23)21-10-12-4-3-7-20-18(12)26-14-6-2-5-13(19)8-14/h2-9H,10H2,1H3,(H,21,23). The summed E-state index contributed by atoms with van der Waals surface area (Å²) in [5, 5.41) is 13.6. The number of nitrogens with zero attached hydrogens (tertiary/aromatic N) is 2. The van der Waals surface area contributed by atoms with Gasteiger partial charge in [-0.25, -0.2) is 9.37 Å². The Hall–Kier alpha value is -3.33. The number of hydrogen-bond donors (Lipinski definition) is 1. The summed E-state index contributed by atoms with van der Waals surface area (Å²) >= 11 is 1.05. The van der Waals surface area contributed by atoms with Crippen LogP contribution in [0, 0.1) is 22.9 Å². The summed E-state index contributed by atoms with van der Waals surface area (Å²) in [4.78, 5) is 27.5. The van der Waals surface area contributed by atoms with Crippen molar-refractivity contribution in [1.82, 2.24) is 10.3 Å². The number of ether oxygens (including phenoxy) is 1. The largest absolute Gasteiger partial charge is 0.439 e. The van der Waals surface area contributed by atoms with Gasteiger partial charge in [-0.15, -0.1) is 11.3 Å². The number of aromatic nitrogens is 1. The van der Waals surface area contributed by atoms with Crippen molar-refractivity contribution < 1.29 is 18.8 Å². The molecule has 3 rings (SSSR count). The first kappa shape index (κ1) is 18.5. The average molecular weight is 387 g/mol. The second-order valence-corrected chi connectivity index (χ2v) is 6.78. The van der Waals surface area contributed by atoms with Gasteiger partial charge in [-0.1, -0.05) is 12.1 Å². The lowest BCUT2D eigenvalue weighted by molar-refractivity contribution is -0.385. The molecule has 0 saturated heterocycles. The zero-order valence-corrected chi connectivity index (χ0v) is 15.0. The van der Waals surface area contributed by atoms with E-state index in [-0.39, 0.29) is 28.7 Å². The van der Waals surface area contributed by atoms with Crippen LogP contribution in [0.2, 0.25) is 0 Å². The van der Waals surface area contributed by atoms with E-state index in [2.05, 4.69) is 10.3 Å². The van der Waals surface area contributed by atoms with Crippen LogP contribution in [0.25, 0.3) is 0 Å². The number of benzene rings is 1. The molecular formula is C18H14FN3O4S. The molecule has 0 atom stereocenters. The molecule has 0 unspecified atom stereocenters. The van der Waals surface area contributed by atoms with Gasteiger partial charge in [-0.2, -0.15) is 0 Å². The van der Waals surface area contributed by atoms with Gasteiger partial charge >= 0.3 is 0 Å². The molecule has 0 aliphatic heterocycles. The van der Waals surface area contributed by atoms with Gasteiger partial charge in [-0.3, -0.25) is 14.9 Å². The maximum atomic E-state index is 13.3. The van der Waals surface area contributed by atoms with Crippen LogP contribution in [0.5, 0.6) is 11.6 Å². The highest BCUT2D eigenvalue weighted by atomic mass is 32.1. The Bertz CT molecular complexity index is 1010. The molecule has 1 N–H and O–H groups in total. The van der Waals surface area contributed by atoms with Gasteiger partial charge < -0.3 is 10.1 Å². The van der Waals surface area contributed by atoms with Crippen molar-refractivity contribution in [2.24, 2.45) is 0 Å². The number of amides is 1. The molecule has 0 saturated carbocycles. The van der Waals surface area contributed by atoms with Gasteiger partial charge in [-0.05, 0) is 25.1 Å². The molecule has 27 heavy (non-hydrogen) atoms. The number of aryl methyl sites for hydroxylation is 1. The predicted octanol–water partition coefficient (Wildman–Crippen LogP) is 4.22. The van der Waals surface area contributed by atoms with E-state index in [0.717, 1.165) is 11.3 Å². The Kier molecular flexibility index (Phi) is 5.41. The summed E-state index contributed by atoms with van der Waals surface area (Å²) < 4.78 is 18.9. The topological polar surface area (TPSA) is 94.4 Å². The number of thiophene rings is 1. The fraction of sp³-hybridized carbons (Fsp3) is 0.111. The highest BCUT2D eigenvalue weighted by Crippen LogP contribution is 2.28. The highest BCUT2D eigenvalue weighted by molar-refractivity contribution is 7.14. The molecule has 1 amide bonds. The third kappa shape index (κ3) is 4.45. The Morgan fingerprint density at radius 3 is 2.85 bits per heavy atom. The van der Waals surface area contributed by atoms with E-state index in [1.54, 1.807) is 25.1 Å². The molecule has 2 heterocycles. The first-order chi connectivity index (χ1) is 12.9. The third-order valence-corrected chi connectivity index (χ3v) is 4.65. The van der Waals surface area contributed by atoms with Crippen LogP contribution >= 0.6 is 11.3 Å². The number of carbonyl (C=O) groups excluding carboxylic acids is 1. The quantitative estimate of drug-likeness (QED) is 0.505. The molecule has 0 aliphatic carbocycles. The molecule has 0 radical (unpaired) electrons. The summed E-state index contributed by atoms with van der Waals surface area (Å²) in [6.07, 6.45) is 1.52. The molecule has 0 aliphatic rings. The normalized spacial score (nSPS) is 10.4. The van der Waals surface area contributed by atoms with Crippen molar-refractivity contribution in [1.29, 1.82) is 0 Å². The first-order valence-electron chi connectivity index (χ1n) is 7.84. The van der Waals surface area contributed by atoms with Gasteiger partial charge in [0.25, 0.3) is 11.6 Å². The summed E-state index contributed by atoms with van der Waals surface area (Å²) in [7, 11) is 0. The zero-order chi connectivity index (χ0) is 19.4. The van der Waals surface area contributed by atoms with E-state index in [9.17, 15) is 19.3 Å². The Labute approximate surface area is 157 Å². The van der Waals surface area contributed by atoms with Gasteiger partial charge in [0.05, 0.1) is 14.7 Å². The summed E-state index contributed by atoms with van der Waals surface area (Å²) in [6, 6.07) is 10.3. The Morgan fingerprint density at radius 1 is 1.33 bits per heavy atom. The van der Waals surface area contributed by atoms with E-state index >= 15 is 0 Å². The molecule has 9 heteroatoms. The number of nitro groups is 1. The van der Waals surface area contributed by atoms with Gasteiger partial charge in [0.1, 0.15) is 11.6 Å².